The Labute approximate surface area is 377 Å². The van der Waals surface area contributed by atoms with Gasteiger partial charge in [-0.3, -0.25) is 38.4 Å². The number of carbonyl (C=O) groups excluding carboxylic acids is 7. The molecular formula is C47H60N8O10. The molecule has 7 amide bonds. The lowest BCUT2D eigenvalue weighted by atomic mass is 9.95. The van der Waals surface area contributed by atoms with E-state index in [2.05, 4.69) is 31.6 Å². The van der Waals surface area contributed by atoms with E-state index < -0.39 is 96.4 Å². The lowest BCUT2D eigenvalue weighted by Crippen LogP contribution is -2.60. The number of para-hydroxylation sites is 1. The number of fused-ring (bicyclic) bond motifs is 1. The predicted octanol–water partition coefficient (Wildman–Crippen LogP) is 1.84. The minimum absolute atomic E-state index is 0.00915. The number of carboxylic acid groups (broad SMARTS) is 1. The Morgan fingerprint density at radius 1 is 0.692 bits per heavy atom. The first-order chi connectivity index (χ1) is 30.9. The predicted molar refractivity (Wildman–Crippen MR) is 242 cm³/mol. The maximum absolute atomic E-state index is 14.4. The fraction of sp³-hybridized carbons (Fsp3) is 0.404. The Kier molecular flexibility index (Phi) is 18.6. The van der Waals surface area contributed by atoms with Gasteiger partial charge in [0.15, 0.2) is 0 Å². The highest BCUT2D eigenvalue weighted by Gasteiger charge is 2.38. The van der Waals surface area contributed by atoms with E-state index in [4.69, 9.17) is 5.73 Å². The monoisotopic (exact) mass is 896 g/mol. The molecule has 18 nitrogen and oxygen atoms in total. The summed E-state index contributed by atoms with van der Waals surface area (Å²) in [6.45, 7) is 6.51. The number of phenolic OH excluding ortho intramolecular Hbond substituents is 1. The number of primary amides is 1. The van der Waals surface area contributed by atoms with Crippen molar-refractivity contribution in [2.24, 2.45) is 17.6 Å². The molecule has 4 rings (SSSR count). The molecule has 1 heterocycles. The van der Waals surface area contributed by atoms with Gasteiger partial charge < -0.3 is 52.4 Å². The molecule has 18 heteroatoms. The van der Waals surface area contributed by atoms with Gasteiger partial charge in [-0.15, -0.1) is 0 Å². The van der Waals surface area contributed by atoms with Gasteiger partial charge in [0, 0.05) is 37.0 Å². The molecule has 3 aromatic carbocycles. The molecule has 0 saturated carbocycles. The third kappa shape index (κ3) is 14.7. The average Bonchev–Trinajstić information content (AvgIpc) is 3.70. The standard InChI is InChI=1S/C47H60N8O10/c1-6-27(3)41(53-38(57)22-30-17-19-32(56)20-18-30)46(64)50-26-39(58)51-36(23-31-25-49-34-16-12-11-15-33(31)34)44(62)54-42(28(4)7-2)47(65)55(5)37(24-40(59)60)45(63)52-35(43(48)61)21-29-13-9-8-10-14-29/h8-20,25,27-28,35-37,41-42,49,56H,6-7,21-24,26H2,1-5H3,(H2,48,61)(H,50,64)(H,51,58)(H,52,63)(H,53,57)(H,54,62)(H,59,60)/t27-,28-,35-,36-,37-,41-,42-/m0/s1. The van der Waals surface area contributed by atoms with Crippen molar-refractivity contribution in [3.05, 3.63) is 102 Å². The zero-order chi connectivity index (χ0) is 47.8. The van der Waals surface area contributed by atoms with Crippen LogP contribution in [0.2, 0.25) is 0 Å². The van der Waals surface area contributed by atoms with Crippen LogP contribution in [0, 0.1) is 11.8 Å². The number of carboxylic acids is 1. The van der Waals surface area contributed by atoms with Crippen molar-refractivity contribution < 1.29 is 48.6 Å². The minimum Gasteiger partial charge on any atom is -0.508 e. The molecule has 0 radical (unpaired) electrons. The van der Waals surface area contributed by atoms with E-state index in [1.54, 1.807) is 69.4 Å². The number of hydrogen-bond donors (Lipinski definition) is 9. The number of aromatic amines is 1. The Morgan fingerprint density at radius 2 is 1.32 bits per heavy atom. The van der Waals surface area contributed by atoms with Crippen LogP contribution < -0.4 is 32.3 Å². The summed E-state index contributed by atoms with van der Waals surface area (Å²) in [6.07, 6.45) is 1.62. The van der Waals surface area contributed by atoms with Crippen LogP contribution in [0.15, 0.2) is 85.1 Å². The lowest BCUT2D eigenvalue weighted by molar-refractivity contribution is -0.148. The summed E-state index contributed by atoms with van der Waals surface area (Å²) < 4.78 is 0. The molecule has 10 N–H and O–H groups in total. The number of aromatic hydroxyl groups is 1. The van der Waals surface area contributed by atoms with Gasteiger partial charge in [0.2, 0.25) is 41.4 Å². The molecule has 0 spiro atoms. The van der Waals surface area contributed by atoms with Crippen molar-refractivity contribution in [1.82, 2.24) is 36.5 Å². The van der Waals surface area contributed by atoms with E-state index in [-0.39, 0.29) is 30.9 Å². The number of hydrogen-bond acceptors (Lipinski definition) is 9. The molecule has 0 unspecified atom stereocenters. The quantitative estimate of drug-likeness (QED) is 0.0492. The summed E-state index contributed by atoms with van der Waals surface area (Å²) in [5.74, 6) is -7.48. The largest absolute Gasteiger partial charge is 0.508 e. The molecular weight excluding hydrogens is 837 g/mol. The van der Waals surface area contributed by atoms with Crippen molar-refractivity contribution in [1.29, 1.82) is 0 Å². The van der Waals surface area contributed by atoms with E-state index >= 15 is 0 Å². The molecule has 0 aliphatic heterocycles. The summed E-state index contributed by atoms with van der Waals surface area (Å²) in [5.41, 5.74) is 8.32. The van der Waals surface area contributed by atoms with Gasteiger partial charge in [0.25, 0.3) is 0 Å². The van der Waals surface area contributed by atoms with Gasteiger partial charge in [-0.25, -0.2) is 0 Å². The number of rotatable bonds is 24. The number of phenols is 1. The first-order valence-corrected chi connectivity index (χ1v) is 21.5. The lowest BCUT2D eigenvalue weighted by Gasteiger charge is -2.33. The van der Waals surface area contributed by atoms with Crippen LogP contribution in [0.25, 0.3) is 10.9 Å². The normalized spacial score (nSPS) is 14.3. The summed E-state index contributed by atoms with van der Waals surface area (Å²) in [7, 11) is 1.23. The van der Waals surface area contributed by atoms with Crippen LogP contribution in [0.3, 0.4) is 0 Å². The SMILES string of the molecule is CC[C@H](C)[C@H](NC(=O)Cc1ccc(O)cc1)C(=O)NCC(=O)N[C@@H](Cc1c[nH]c2ccccc12)C(=O)N[C@H](C(=O)N(C)[C@@H](CC(=O)O)C(=O)N[C@@H](Cc1ccccc1)C(N)=O)[C@@H](C)CC. The fourth-order valence-electron chi connectivity index (χ4n) is 7.20. The van der Waals surface area contributed by atoms with Crippen LogP contribution in [0.5, 0.6) is 5.75 Å². The number of nitrogens with zero attached hydrogens (tertiary/aromatic N) is 1. The van der Waals surface area contributed by atoms with Gasteiger partial charge in [0.05, 0.1) is 19.4 Å². The third-order valence-electron chi connectivity index (χ3n) is 11.5. The molecule has 0 saturated heterocycles. The highest BCUT2D eigenvalue weighted by molar-refractivity contribution is 5.98. The van der Waals surface area contributed by atoms with Crippen molar-refractivity contribution in [3.8, 4) is 5.75 Å². The number of nitrogens with one attached hydrogen (secondary N) is 6. The number of likely N-dealkylation sites (N-methyl/N-ethyl adjacent to an activating group) is 1. The van der Waals surface area contributed by atoms with Crippen molar-refractivity contribution in [2.75, 3.05) is 13.6 Å². The Morgan fingerprint density at radius 3 is 1.95 bits per heavy atom. The average molecular weight is 897 g/mol. The highest BCUT2D eigenvalue weighted by atomic mass is 16.4. The van der Waals surface area contributed by atoms with Crippen LogP contribution in [0.4, 0.5) is 0 Å². The van der Waals surface area contributed by atoms with Crippen molar-refractivity contribution >= 4 is 58.2 Å². The van der Waals surface area contributed by atoms with E-state index in [0.29, 0.717) is 29.5 Å². The number of aromatic nitrogens is 1. The maximum atomic E-state index is 14.4. The molecule has 0 bridgehead atoms. The molecule has 1 aromatic heterocycles. The van der Waals surface area contributed by atoms with Crippen molar-refractivity contribution in [2.45, 2.75) is 96.4 Å². The number of amides is 7. The molecule has 65 heavy (non-hydrogen) atoms. The first kappa shape index (κ1) is 50.4. The van der Waals surface area contributed by atoms with Gasteiger partial charge in [-0.2, -0.15) is 0 Å². The highest BCUT2D eigenvalue weighted by Crippen LogP contribution is 2.21. The Balaban J connectivity index is 1.54. The van der Waals surface area contributed by atoms with Crippen LogP contribution in [0.1, 0.15) is 63.6 Å². The zero-order valence-electron chi connectivity index (χ0n) is 37.3. The minimum atomic E-state index is -1.62. The van der Waals surface area contributed by atoms with Crippen LogP contribution in [-0.2, 0) is 57.6 Å². The van der Waals surface area contributed by atoms with Gasteiger partial charge in [-0.1, -0.05) is 101 Å². The summed E-state index contributed by atoms with van der Waals surface area (Å²) in [6, 6.07) is 15.6. The van der Waals surface area contributed by atoms with Crippen molar-refractivity contribution in [3.63, 3.8) is 0 Å². The molecule has 7 atom stereocenters. The maximum Gasteiger partial charge on any atom is 0.305 e. The second-order valence-electron chi connectivity index (χ2n) is 16.3. The number of nitrogens with two attached hydrogens (primary N) is 1. The Hall–Kier alpha value is -7.24. The summed E-state index contributed by atoms with van der Waals surface area (Å²) >= 11 is 0. The van der Waals surface area contributed by atoms with Gasteiger partial charge >= 0.3 is 5.97 Å². The van der Waals surface area contributed by atoms with E-state index in [1.165, 1.54) is 19.2 Å². The molecule has 4 aromatic rings. The van der Waals surface area contributed by atoms with Crippen LogP contribution in [-0.4, -0.2) is 111 Å². The number of carbonyl (C=O) groups is 8. The number of aliphatic carboxylic acids is 1. The fourth-order valence-corrected chi connectivity index (χ4v) is 7.20. The van der Waals surface area contributed by atoms with E-state index in [0.717, 1.165) is 15.8 Å². The smallest absolute Gasteiger partial charge is 0.305 e. The molecule has 0 aliphatic rings. The van der Waals surface area contributed by atoms with E-state index in [1.807, 2.05) is 31.2 Å². The van der Waals surface area contributed by atoms with Gasteiger partial charge in [-0.05, 0) is 46.7 Å². The molecule has 0 fully saturated rings. The third-order valence-corrected chi connectivity index (χ3v) is 11.5. The van der Waals surface area contributed by atoms with Crippen LogP contribution >= 0.6 is 0 Å². The zero-order valence-corrected chi connectivity index (χ0v) is 37.3. The van der Waals surface area contributed by atoms with E-state index in [9.17, 15) is 48.6 Å². The van der Waals surface area contributed by atoms with Gasteiger partial charge in [0.1, 0.15) is 36.0 Å². The first-order valence-electron chi connectivity index (χ1n) is 21.5. The second-order valence-corrected chi connectivity index (χ2v) is 16.3. The summed E-state index contributed by atoms with van der Waals surface area (Å²) in [4.78, 5) is 111. The molecule has 0 aliphatic carbocycles. The number of H-pyrrole nitrogens is 1. The Bertz CT molecular complexity index is 2300. The number of benzene rings is 3. The molecule has 348 valence electrons. The summed E-state index contributed by atoms with van der Waals surface area (Å²) in [5, 5.41) is 33.4. The second kappa shape index (κ2) is 24.0. The topological polar surface area (TPSA) is 282 Å².